The summed E-state index contributed by atoms with van der Waals surface area (Å²) in [5, 5.41) is 4.66. The molecule has 0 saturated carbocycles. The largest absolute Gasteiger partial charge is 0.353 e. The molecule has 0 saturated heterocycles. The average Bonchev–Trinajstić information content (AvgIpc) is 3.25. The highest BCUT2D eigenvalue weighted by Crippen LogP contribution is 2.30. The van der Waals surface area contributed by atoms with Gasteiger partial charge in [-0.3, -0.25) is 9.36 Å². The van der Waals surface area contributed by atoms with Crippen LogP contribution in [0.3, 0.4) is 0 Å². The van der Waals surface area contributed by atoms with Crippen molar-refractivity contribution in [1.29, 1.82) is 0 Å². The third-order valence-electron chi connectivity index (χ3n) is 5.46. The van der Waals surface area contributed by atoms with Gasteiger partial charge in [-0.1, -0.05) is 85.2 Å². The van der Waals surface area contributed by atoms with Crippen LogP contribution < -0.4 is 5.56 Å². The van der Waals surface area contributed by atoms with Crippen molar-refractivity contribution in [1.82, 2.24) is 14.7 Å². The number of hydrogen-bond donors (Lipinski definition) is 0. The van der Waals surface area contributed by atoms with Crippen molar-refractivity contribution in [2.75, 3.05) is 0 Å². The Kier molecular flexibility index (Phi) is 5.11. The Hall–Kier alpha value is -3.70. The van der Waals surface area contributed by atoms with Crippen LogP contribution in [0.4, 0.5) is 0 Å². The molecule has 2 heterocycles. The monoisotopic (exact) mass is 441 g/mol. The fourth-order valence-electron chi connectivity index (χ4n) is 3.71. The summed E-state index contributed by atoms with van der Waals surface area (Å²) in [5.41, 5.74) is 3.82. The first-order valence-electron chi connectivity index (χ1n) is 10.4. The lowest BCUT2D eigenvalue weighted by Crippen LogP contribution is -2.22. The van der Waals surface area contributed by atoms with E-state index in [0.29, 0.717) is 33.7 Å². The number of nitrogens with zero attached hydrogens (tertiary/aromatic N) is 3. The molecule has 0 aliphatic rings. The normalized spacial score (nSPS) is 11.4. The van der Waals surface area contributed by atoms with E-state index in [2.05, 4.69) is 31.1 Å². The highest BCUT2D eigenvalue weighted by atomic mass is 35.5. The van der Waals surface area contributed by atoms with Crippen molar-refractivity contribution in [3.63, 3.8) is 0 Å². The van der Waals surface area contributed by atoms with Crippen molar-refractivity contribution in [2.45, 2.75) is 19.8 Å². The topological polar surface area (TPSA) is 60.9 Å². The molecule has 0 spiro atoms. The van der Waals surface area contributed by atoms with E-state index in [4.69, 9.17) is 21.1 Å². The van der Waals surface area contributed by atoms with Crippen LogP contribution in [0, 0.1) is 0 Å². The second kappa shape index (κ2) is 8.09. The predicted octanol–water partition coefficient (Wildman–Crippen LogP) is 6.48. The number of halogens is 1. The van der Waals surface area contributed by atoms with Crippen LogP contribution in [0.25, 0.3) is 39.4 Å². The summed E-state index contributed by atoms with van der Waals surface area (Å²) in [4.78, 5) is 18.5. The van der Waals surface area contributed by atoms with Crippen molar-refractivity contribution in [2.24, 2.45) is 0 Å². The minimum absolute atomic E-state index is 0.182. The van der Waals surface area contributed by atoms with Gasteiger partial charge >= 0.3 is 0 Å². The summed E-state index contributed by atoms with van der Waals surface area (Å²) in [6.45, 7) is 4.29. The zero-order valence-electron chi connectivity index (χ0n) is 17.6. The maximum atomic E-state index is 13.6. The molecule has 2 aromatic heterocycles. The lowest BCUT2D eigenvalue weighted by molar-refractivity contribution is 0.440. The third kappa shape index (κ3) is 3.51. The Morgan fingerprint density at radius 3 is 2.19 bits per heavy atom. The first kappa shape index (κ1) is 20.2. The second-order valence-corrected chi connectivity index (χ2v) is 8.34. The Morgan fingerprint density at radius 2 is 1.53 bits per heavy atom. The van der Waals surface area contributed by atoms with E-state index in [9.17, 15) is 4.79 Å². The van der Waals surface area contributed by atoms with Gasteiger partial charge in [-0.15, -0.1) is 0 Å². The quantitative estimate of drug-likeness (QED) is 0.320. The molecule has 0 N–H and O–H groups in total. The van der Waals surface area contributed by atoms with Gasteiger partial charge in [-0.25, -0.2) is 4.98 Å². The van der Waals surface area contributed by atoms with Crippen LogP contribution in [0.2, 0.25) is 5.02 Å². The first-order valence-corrected chi connectivity index (χ1v) is 10.7. The van der Waals surface area contributed by atoms with Crippen LogP contribution in [-0.4, -0.2) is 14.7 Å². The van der Waals surface area contributed by atoms with E-state index in [1.807, 2.05) is 42.5 Å². The molecule has 0 unspecified atom stereocenters. The van der Waals surface area contributed by atoms with E-state index in [1.54, 1.807) is 28.8 Å². The first-order chi connectivity index (χ1) is 15.5. The van der Waals surface area contributed by atoms with E-state index in [0.717, 1.165) is 11.1 Å². The number of fused-ring (bicyclic) bond motifs is 1. The van der Waals surface area contributed by atoms with Gasteiger partial charge in [0, 0.05) is 16.1 Å². The summed E-state index contributed by atoms with van der Waals surface area (Å²) < 4.78 is 7.14. The van der Waals surface area contributed by atoms with Crippen LogP contribution in [0.15, 0.2) is 88.2 Å². The molecule has 32 heavy (non-hydrogen) atoms. The SMILES string of the molecule is CC(C)c1ccc(-c2nc3c(-c4ccccc4)onc3c(=O)n2-c2ccc(Cl)cc2)cc1. The van der Waals surface area contributed by atoms with E-state index >= 15 is 0 Å². The number of benzene rings is 3. The highest BCUT2D eigenvalue weighted by Gasteiger charge is 2.21. The third-order valence-corrected chi connectivity index (χ3v) is 5.71. The molecule has 0 amide bonds. The molecule has 0 fully saturated rings. The zero-order valence-corrected chi connectivity index (χ0v) is 18.4. The van der Waals surface area contributed by atoms with E-state index in [-0.39, 0.29) is 11.1 Å². The standard InChI is InChI=1S/C26H20ClN3O2/c1-16(2)17-8-10-19(11-9-17)25-28-22-23(29-32-24(22)18-6-4-3-5-7-18)26(31)30(25)21-14-12-20(27)13-15-21/h3-16H,1-2H3. The van der Waals surface area contributed by atoms with Crippen LogP contribution in [0.1, 0.15) is 25.3 Å². The Balaban J connectivity index is 1.81. The molecule has 5 aromatic rings. The smallest absolute Gasteiger partial charge is 0.288 e. The maximum absolute atomic E-state index is 13.6. The van der Waals surface area contributed by atoms with Crippen LogP contribution in [-0.2, 0) is 0 Å². The molecular formula is C26H20ClN3O2. The summed E-state index contributed by atoms with van der Waals surface area (Å²) in [7, 11) is 0. The summed E-state index contributed by atoms with van der Waals surface area (Å²) in [6.07, 6.45) is 0. The Labute approximate surface area is 189 Å². The van der Waals surface area contributed by atoms with Crippen molar-refractivity contribution in [3.8, 4) is 28.4 Å². The van der Waals surface area contributed by atoms with Gasteiger partial charge in [-0.2, -0.15) is 0 Å². The molecule has 5 rings (SSSR count). The molecule has 0 atom stereocenters. The molecule has 5 nitrogen and oxygen atoms in total. The second-order valence-electron chi connectivity index (χ2n) is 7.90. The maximum Gasteiger partial charge on any atom is 0.288 e. The Morgan fingerprint density at radius 1 is 0.844 bits per heavy atom. The lowest BCUT2D eigenvalue weighted by atomic mass is 10.0. The molecule has 158 valence electrons. The number of hydrogen-bond acceptors (Lipinski definition) is 4. The van der Waals surface area contributed by atoms with Crippen LogP contribution in [0.5, 0.6) is 0 Å². The van der Waals surface area contributed by atoms with E-state index in [1.165, 1.54) is 5.56 Å². The van der Waals surface area contributed by atoms with Crippen molar-refractivity contribution >= 4 is 22.6 Å². The van der Waals surface area contributed by atoms with Gasteiger partial charge in [-0.05, 0) is 35.7 Å². The van der Waals surface area contributed by atoms with Gasteiger partial charge in [0.25, 0.3) is 5.56 Å². The molecule has 0 aliphatic carbocycles. The molecule has 0 radical (unpaired) electrons. The van der Waals surface area contributed by atoms with Gasteiger partial charge in [0.2, 0.25) is 0 Å². The van der Waals surface area contributed by atoms with Crippen molar-refractivity contribution < 1.29 is 4.52 Å². The fourth-order valence-corrected chi connectivity index (χ4v) is 3.83. The predicted molar refractivity (Wildman–Crippen MR) is 127 cm³/mol. The van der Waals surface area contributed by atoms with Gasteiger partial charge in [0.15, 0.2) is 11.3 Å². The molecular weight excluding hydrogens is 422 g/mol. The molecule has 3 aromatic carbocycles. The van der Waals surface area contributed by atoms with Gasteiger partial charge in [0.05, 0.1) is 5.69 Å². The minimum Gasteiger partial charge on any atom is -0.353 e. The summed E-state index contributed by atoms with van der Waals surface area (Å²) in [6, 6.07) is 24.7. The van der Waals surface area contributed by atoms with Gasteiger partial charge < -0.3 is 4.52 Å². The number of rotatable bonds is 4. The zero-order chi connectivity index (χ0) is 22.2. The minimum atomic E-state index is -0.300. The molecule has 0 aliphatic heterocycles. The van der Waals surface area contributed by atoms with Crippen LogP contribution >= 0.6 is 11.6 Å². The molecule has 6 heteroatoms. The number of aromatic nitrogens is 3. The molecule has 0 bridgehead atoms. The summed E-state index contributed by atoms with van der Waals surface area (Å²) >= 11 is 6.08. The van der Waals surface area contributed by atoms with Gasteiger partial charge in [0.1, 0.15) is 11.3 Å². The van der Waals surface area contributed by atoms with E-state index < -0.39 is 0 Å². The Bertz CT molecular complexity index is 1450. The lowest BCUT2D eigenvalue weighted by Gasteiger charge is -2.13. The summed E-state index contributed by atoms with van der Waals surface area (Å²) in [5.74, 6) is 1.39. The average molecular weight is 442 g/mol. The van der Waals surface area contributed by atoms with Crippen molar-refractivity contribution in [3.05, 3.63) is 99.8 Å². The fraction of sp³-hybridized carbons (Fsp3) is 0.115. The highest BCUT2D eigenvalue weighted by molar-refractivity contribution is 6.30.